The van der Waals surface area contributed by atoms with Crippen LogP contribution in [0.1, 0.15) is 0 Å². The maximum atomic E-state index is 12.7. The summed E-state index contributed by atoms with van der Waals surface area (Å²) in [5.74, 6) is 4.21. The lowest BCUT2D eigenvalue weighted by Gasteiger charge is -2.08. The Hall–Kier alpha value is -3.24. The summed E-state index contributed by atoms with van der Waals surface area (Å²) in [6.45, 7) is -0.138. The average Bonchev–Trinajstić information content (AvgIpc) is 2.56. The molecule has 7 nitrogen and oxygen atoms in total. The molecule has 0 amide bonds. The van der Waals surface area contributed by atoms with Gasteiger partial charge in [0, 0.05) is 0 Å². The monoisotopic (exact) mass is 357 g/mol. The van der Waals surface area contributed by atoms with Gasteiger partial charge in [-0.3, -0.25) is 4.99 Å². The molecular weight excluding hydrogens is 346 g/mol. The van der Waals surface area contributed by atoms with Gasteiger partial charge in [0.1, 0.15) is 18.1 Å². The number of hydrogen-bond donors (Lipinski definition) is 1. The number of hydrazone groups is 1. The largest absolute Gasteiger partial charge is 0.573 e. The van der Waals surface area contributed by atoms with Gasteiger partial charge in [-0.2, -0.15) is 5.10 Å². The molecule has 0 spiro atoms. The van der Waals surface area contributed by atoms with Crippen molar-refractivity contribution in [3.8, 4) is 11.8 Å². The molecule has 1 heterocycles. The Kier molecular flexibility index (Phi) is 5.82. The highest BCUT2D eigenvalue weighted by molar-refractivity contribution is 6.31. The lowest BCUT2D eigenvalue weighted by Crippen LogP contribution is -2.17. The number of nitrogens with zero attached hydrogens (tertiary/aromatic N) is 4. The van der Waals surface area contributed by atoms with Crippen molar-refractivity contribution < 1.29 is 27.0 Å². The maximum Gasteiger partial charge on any atom is 0.573 e. The standard InChI is InChI=1S/C14H11F4N5O2/c15-9-5-21-13(22-6-9)24-8-11(23-19)7-20-10-1-3-12(4-2-10)25-14(16,17)18/h1-7H,8,19H2. The van der Waals surface area contributed by atoms with E-state index in [0.717, 1.165) is 24.5 Å². The fourth-order valence-corrected chi connectivity index (χ4v) is 1.50. The highest BCUT2D eigenvalue weighted by Crippen LogP contribution is 2.24. The Bertz CT molecular complexity index is 745. The molecule has 2 N–H and O–H groups in total. The summed E-state index contributed by atoms with van der Waals surface area (Å²) in [6.07, 6.45) is -1.65. The molecule has 0 bridgehead atoms. The van der Waals surface area contributed by atoms with Crippen LogP contribution in [0.25, 0.3) is 0 Å². The molecule has 0 aliphatic heterocycles. The van der Waals surface area contributed by atoms with Crippen molar-refractivity contribution >= 4 is 17.6 Å². The van der Waals surface area contributed by atoms with E-state index in [-0.39, 0.29) is 24.1 Å². The minimum atomic E-state index is -4.76. The Morgan fingerprint density at radius 3 is 2.36 bits per heavy atom. The zero-order chi connectivity index (χ0) is 18.3. The van der Waals surface area contributed by atoms with Crippen LogP contribution >= 0.6 is 0 Å². The van der Waals surface area contributed by atoms with Crippen LogP contribution in [0.4, 0.5) is 23.2 Å². The van der Waals surface area contributed by atoms with Gasteiger partial charge in [-0.15, -0.1) is 13.2 Å². The van der Waals surface area contributed by atoms with Crippen molar-refractivity contribution in [1.82, 2.24) is 9.97 Å². The van der Waals surface area contributed by atoms with Crippen LogP contribution in [0.5, 0.6) is 11.8 Å². The van der Waals surface area contributed by atoms with Crippen LogP contribution < -0.4 is 15.3 Å². The second-order valence-corrected chi connectivity index (χ2v) is 4.39. The summed E-state index contributed by atoms with van der Waals surface area (Å²) in [6, 6.07) is 4.78. The van der Waals surface area contributed by atoms with E-state index in [1.54, 1.807) is 0 Å². The molecule has 132 valence electrons. The van der Waals surface area contributed by atoms with Gasteiger partial charge >= 0.3 is 12.4 Å². The van der Waals surface area contributed by atoms with Gasteiger partial charge < -0.3 is 15.3 Å². The minimum Gasteiger partial charge on any atom is -0.457 e. The first-order chi connectivity index (χ1) is 11.9. The molecule has 25 heavy (non-hydrogen) atoms. The summed E-state index contributed by atoms with van der Waals surface area (Å²) in [7, 11) is 0. The average molecular weight is 357 g/mol. The van der Waals surface area contributed by atoms with E-state index in [1.807, 2.05) is 0 Å². The zero-order valence-corrected chi connectivity index (χ0v) is 12.4. The quantitative estimate of drug-likeness (QED) is 0.371. The van der Waals surface area contributed by atoms with Crippen molar-refractivity contribution in [2.75, 3.05) is 6.61 Å². The molecule has 0 aliphatic carbocycles. The number of aromatic nitrogens is 2. The lowest BCUT2D eigenvalue weighted by molar-refractivity contribution is -0.274. The molecule has 0 aliphatic rings. The summed E-state index contributed by atoms with van der Waals surface area (Å²) in [5, 5.41) is 3.44. The van der Waals surface area contributed by atoms with Gasteiger partial charge in [0.25, 0.3) is 0 Å². The first-order valence-electron chi connectivity index (χ1n) is 6.63. The van der Waals surface area contributed by atoms with Gasteiger partial charge in [-0.05, 0) is 24.3 Å². The van der Waals surface area contributed by atoms with E-state index in [1.165, 1.54) is 18.3 Å². The van der Waals surface area contributed by atoms with Gasteiger partial charge in [0.05, 0.1) is 24.3 Å². The molecule has 0 saturated heterocycles. The van der Waals surface area contributed by atoms with Crippen LogP contribution in [0.2, 0.25) is 0 Å². The number of nitrogens with two attached hydrogens (primary N) is 1. The smallest absolute Gasteiger partial charge is 0.457 e. The van der Waals surface area contributed by atoms with Crippen molar-refractivity contribution in [3.05, 3.63) is 42.5 Å². The molecule has 0 atom stereocenters. The topological polar surface area (TPSA) is 95.0 Å². The third-order valence-corrected chi connectivity index (χ3v) is 2.54. The van der Waals surface area contributed by atoms with Gasteiger partial charge in [-0.25, -0.2) is 14.4 Å². The molecule has 0 saturated carbocycles. The van der Waals surface area contributed by atoms with Crippen molar-refractivity contribution in [2.45, 2.75) is 6.36 Å². The van der Waals surface area contributed by atoms with E-state index in [0.29, 0.717) is 5.69 Å². The Morgan fingerprint density at radius 1 is 1.16 bits per heavy atom. The highest BCUT2D eigenvalue weighted by atomic mass is 19.4. The number of rotatable bonds is 6. The summed E-state index contributed by atoms with van der Waals surface area (Å²) in [4.78, 5) is 11.2. The van der Waals surface area contributed by atoms with Crippen molar-refractivity contribution in [1.29, 1.82) is 0 Å². The van der Waals surface area contributed by atoms with Gasteiger partial charge in [-0.1, -0.05) is 0 Å². The summed E-state index contributed by atoms with van der Waals surface area (Å²) in [5.41, 5.74) is 0.539. The molecule has 0 fully saturated rings. The van der Waals surface area contributed by atoms with Gasteiger partial charge in [0.2, 0.25) is 0 Å². The van der Waals surface area contributed by atoms with Crippen LogP contribution in [0.3, 0.4) is 0 Å². The summed E-state index contributed by atoms with van der Waals surface area (Å²) < 4.78 is 57.7. The normalized spacial score (nSPS) is 12.4. The third kappa shape index (κ3) is 6.41. The minimum absolute atomic E-state index is 0.0791. The molecule has 2 rings (SSSR count). The molecule has 1 aromatic carbocycles. The van der Waals surface area contributed by atoms with Crippen molar-refractivity contribution in [3.63, 3.8) is 0 Å². The molecule has 1 aromatic heterocycles. The van der Waals surface area contributed by atoms with E-state index >= 15 is 0 Å². The Balaban J connectivity index is 1.93. The number of aliphatic imine (C=N–C) groups is 1. The number of halogens is 4. The predicted molar refractivity (Wildman–Crippen MR) is 80.4 cm³/mol. The molecular formula is C14H11F4N5O2. The second-order valence-electron chi connectivity index (χ2n) is 4.39. The van der Waals surface area contributed by atoms with E-state index in [9.17, 15) is 17.6 Å². The Morgan fingerprint density at radius 2 is 1.80 bits per heavy atom. The Labute approximate surface area is 138 Å². The van der Waals surface area contributed by atoms with Crippen LogP contribution in [-0.2, 0) is 0 Å². The number of hydrogen-bond acceptors (Lipinski definition) is 7. The van der Waals surface area contributed by atoms with Crippen LogP contribution in [-0.4, -0.2) is 34.9 Å². The van der Waals surface area contributed by atoms with Gasteiger partial charge in [0.15, 0.2) is 5.82 Å². The first-order valence-corrected chi connectivity index (χ1v) is 6.63. The molecule has 0 unspecified atom stereocenters. The summed E-state index contributed by atoms with van der Waals surface area (Å²) >= 11 is 0. The second kappa shape index (κ2) is 8.04. The fourth-order valence-electron chi connectivity index (χ4n) is 1.50. The van der Waals surface area contributed by atoms with Crippen molar-refractivity contribution in [2.24, 2.45) is 15.9 Å². The van der Waals surface area contributed by atoms with Crippen LogP contribution in [0, 0.1) is 5.82 Å². The number of ether oxygens (including phenoxy) is 2. The zero-order valence-electron chi connectivity index (χ0n) is 12.4. The van der Waals surface area contributed by atoms with E-state index in [4.69, 9.17) is 10.6 Å². The lowest BCUT2D eigenvalue weighted by atomic mass is 10.3. The SMILES string of the molecule is NN=C(C=Nc1ccc(OC(F)(F)F)cc1)COc1ncc(F)cn1. The first kappa shape index (κ1) is 18.1. The highest BCUT2D eigenvalue weighted by Gasteiger charge is 2.30. The van der Waals surface area contributed by atoms with E-state index in [2.05, 4.69) is 24.8 Å². The van der Waals surface area contributed by atoms with Crippen LogP contribution in [0.15, 0.2) is 46.8 Å². The fraction of sp³-hybridized carbons (Fsp3) is 0.143. The van der Waals surface area contributed by atoms with E-state index < -0.39 is 12.2 Å². The predicted octanol–water partition coefficient (Wildman–Crippen LogP) is 2.61. The molecule has 0 radical (unpaired) electrons. The maximum absolute atomic E-state index is 12.7. The molecule has 2 aromatic rings. The number of benzene rings is 1. The third-order valence-electron chi connectivity index (χ3n) is 2.54. The number of alkyl halides is 3. The molecule has 11 heteroatoms.